The van der Waals surface area contributed by atoms with Crippen LogP contribution >= 0.6 is 7.94 Å². The average Bonchev–Trinajstić information content (AvgIpc) is 2.02. The van der Waals surface area contributed by atoms with Crippen LogP contribution in [-0.4, -0.2) is 30.8 Å². The topological polar surface area (TPSA) is 64.7 Å². The number of hydrogen-bond acceptors (Lipinski definition) is 4. The van der Waals surface area contributed by atoms with Gasteiger partial charge in [0.2, 0.25) is 0 Å². The minimum absolute atomic E-state index is 0.493. The minimum atomic E-state index is -2.85. The van der Waals surface area contributed by atoms with Crippen LogP contribution in [0.1, 0.15) is 20.3 Å². The molecule has 0 radical (unpaired) electrons. The summed E-state index contributed by atoms with van der Waals surface area (Å²) in [4.78, 5) is 9.78. The molecule has 0 spiro atoms. The molecule has 0 amide bonds. The second-order valence-electron chi connectivity index (χ2n) is 2.47. The van der Waals surface area contributed by atoms with E-state index in [4.69, 9.17) is 14.8 Å². The first-order valence-corrected chi connectivity index (χ1v) is 6.36. The third-order valence-electron chi connectivity index (χ3n) is 1.44. The molecule has 0 saturated heterocycles. The van der Waals surface area contributed by atoms with Crippen LogP contribution in [0.5, 0.6) is 0 Å². The van der Waals surface area contributed by atoms with Crippen molar-refractivity contribution in [3.63, 3.8) is 0 Å². The SMILES string of the molecule is CCO[PH](O)(CCCN)OCC. The van der Waals surface area contributed by atoms with Gasteiger partial charge in [-0.3, -0.25) is 0 Å². The van der Waals surface area contributed by atoms with Gasteiger partial charge in [0.05, 0.1) is 0 Å². The Kier molecular flexibility index (Phi) is 6.90. The summed E-state index contributed by atoms with van der Waals surface area (Å²) in [7, 11) is -2.85. The summed E-state index contributed by atoms with van der Waals surface area (Å²) in [6, 6.07) is 0. The molecule has 0 aromatic rings. The van der Waals surface area contributed by atoms with Gasteiger partial charge >= 0.3 is 73.8 Å². The Morgan fingerprint density at radius 2 is 1.75 bits per heavy atom. The first-order chi connectivity index (χ1) is 5.68. The summed E-state index contributed by atoms with van der Waals surface area (Å²) in [6.07, 6.45) is 1.31. The molecule has 0 saturated carbocycles. The number of nitrogens with two attached hydrogens (primary N) is 1. The van der Waals surface area contributed by atoms with Crippen LogP contribution in [0.3, 0.4) is 0 Å². The average molecular weight is 197 g/mol. The quantitative estimate of drug-likeness (QED) is 0.595. The molecule has 0 fully saturated rings. The standard InChI is InChI=1S/C7H20NO3P/c1-3-10-12(9,11-4-2)7-5-6-8/h9,12H,3-8H2,1-2H3. The van der Waals surface area contributed by atoms with Crippen molar-refractivity contribution in [2.45, 2.75) is 20.3 Å². The van der Waals surface area contributed by atoms with E-state index in [1.165, 1.54) is 0 Å². The molecular weight excluding hydrogens is 177 g/mol. The molecule has 0 aromatic heterocycles. The molecule has 0 atom stereocenters. The van der Waals surface area contributed by atoms with Crippen molar-refractivity contribution in [3.8, 4) is 0 Å². The molecule has 0 aliphatic heterocycles. The van der Waals surface area contributed by atoms with Crippen LogP contribution in [0.15, 0.2) is 0 Å². The van der Waals surface area contributed by atoms with E-state index < -0.39 is 7.94 Å². The molecular formula is C7H20NO3P. The predicted molar refractivity (Wildman–Crippen MR) is 52.3 cm³/mol. The summed E-state index contributed by atoms with van der Waals surface area (Å²) < 4.78 is 10.4. The van der Waals surface area contributed by atoms with Crippen LogP contribution in [0.4, 0.5) is 0 Å². The zero-order valence-electron chi connectivity index (χ0n) is 7.88. The molecule has 0 bridgehead atoms. The Hall–Kier alpha value is 0.270. The van der Waals surface area contributed by atoms with Crippen LogP contribution in [0, 0.1) is 0 Å². The monoisotopic (exact) mass is 197 g/mol. The molecule has 12 heavy (non-hydrogen) atoms. The van der Waals surface area contributed by atoms with E-state index in [1.54, 1.807) is 0 Å². The maximum atomic E-state index is 9.78. The zero-order valence-corrected chi connectivity index (χ0v) is 8.88. The Labute approximate surface area is 74.6 Å². The Morgan fingerprint density at radius 3 is 2.08 bits per heavy atom. The van der Waals surface area contributed by atoms with Crippen LogP contribution in [0.25, 0.3) is 0 Å². The van der Waals surface area contributed by atoms with Crippen molar-refractivity contribution in [2.75, 3.05) is 25.9 Å². The van der Waals surface area contributed by atoms with E-state index >= 15 is 0 Å². The fourth-order valence-electron chi connectivity index (χ4n) is 0.963. The van der Waals surface area contributed by atoms with Crippen molar-refractivity contribution >= 4 is 7.94 Å². The van der Waals surface area contributed by atoms with E-state index in [2.05, 4.69) is 0 Å². The van der Waals surface area contributed by atoms with Gasteiger partial charge in [0, 0.05) is 0 Å². The summed E-state index contributed by atoms with van der Waals surface area (Å²) in [5.74, 6) is 0. The van der Waals surface area contributed by atoms with Crippen molar-refractivity contribution in [1.82, 2.24) is 0 Å². The Morgan fingerprint density at radius 1 is 1.25 bits per heavy atom. The van der Waals surface area contributed by atoms with Gasteiger partial charge in [-0.2, -0.15) is 0 Å². The predicted octanol–water partition coefficient (Wildman–Crippen LogP) is 0.895. The van der Waals surface area contributed by atoms with E-state index in [0.29, 0.717) is 25.9 Å². The van der Waals surface area contributed by atoms with Crippen molar-refractivity contribution in [1.29, 1.82) is 0 Å². The second kappa shape index (κ2) is 6.75. The fourth-order valence-corrected chi connectivity index (χ4v) is 2.89. The van der Waals surface area contributed by atoms with Gasteiger partial charge < -0.3 is 0 Å². The fraction of sp³-hybridized carbons (Fsp3) is 1.00. The summed E-state index contributed by atoms with van der Waals surface area (Å²) >= 11 is 0. The van der Waals surface area contributed by atoms with Gasteiger partial charge in [-0.1, -0.05) is 0 Å². The molecule has 0 aliphatic rings. The molecule has 0 heterocycles. The molecule has 0 rings (SSSR count). The van der Waals surface area contributed by atoms with Gasteiger partial charge in [0.1, 0.15) is 0 Å². The first-order valence-electron chi connectivity index (χ1n) is 4.39. The van der Waals surface area contributed by atoms with E-state index in [1.807, 2.05) is 13.8 Å². The number of rotatable bonds is 7. The Bertz CT molecular complexity index is 107. The molecule has 3 N–H and O–H groups in total. The molecule has 0 unspecified atom stereocenters. The van der Waals surface area contributed by atoms with Crippen molar-refractivity contribution in [3.05, 3.63) is 0 Å². The molecule has 4 nitrogen and oxygen atoms in total. The molecule has 76 valence electrons. The molecule has 0 aromatic carbocycles. The second-order valence-corrected chi connectivity index (χ2v) is 4.97. The third kappa shape index (κ3) is 5.01. The summed E-state index contributed by atoms with van der Waals surface area (Å²) in [6.45, 7) is 5.24. The van der Waals surface area contributed by atoms with Crippen molar-refractivity contribution in [2.24, 2.45) is 5.73 Å². The molecule has 0 aliphatic carbocycles. The summed E-state index contributed by atoms with van der Waals surface area (Å²) in [5, 5.41) is 0. The summed E-state index contributed by atoms with van der Waals surface area (Å²) in [5.41, 5.74) is 5.33. The van der Waals surface area contributed by atoms with Crippen LogP contribution in [-0.2, 0) is 9.05 Å². The number of hydrogen-bond donors (Lipinski definition) is 2. The zero-order chi connectivity index (χ0) is 9.45. The first kappa shape index (κ1) is 12.3. The normalized spacial score (nSPS) is 13.3. The van der Waals surface area contributed by atoms with Crippen LogP contribution < -0.4 is 5.73 Å². The van der Waals surface area contributed by atoms with Crippen LogP contribution in [0.2, 0.25) is 0 Å². The Balaban J connectivity index is 3.80. The van der Waals surface area contributed by atoms with Gasteiger partial charge in [0.25, 0.3) is 0 Å². The van der Waals surface area contributed by atoms with Gasteiger partial charge in [0.15, 0.2) is 0 Å². The van der Waals surface area contributed by atoms with Gasteiger partial charge in [-0.15, -0.1) is 0 Å². The third-order valence-corrected chi connectivity index (χ3v) is 3.90. The van der Waals surface area contributed by atoms with Gasteiger partial charge in [-0.25, -0.2) is 0 Å². The maximum absolute atomic E-state index is 9.78. The van der Waals surface area contributed by atoms with E-state index in [0.717, 1.165) is 6.42 Å². The van der Waals surface area contributed by atoms with E-state index in [-0.39, 0.29) is 0 Å². The van der Waals surface area contributed by atoms with E-state index in [9.17, 15) is 4.89 Å². The van der Waals surface area contributed by atoms with Crippen molar-refractivity contribution < 1.29 is 13.9 Å². The van der Waals surface area contributed by atoms with Gasteiger partial charge in [-0.05, 0) is 0 Å². The molecule has 5 heteroatoms.